The van der Waals surface area contributed by atoms with E-state index in [1.807, 2.05) is 6.07 Å². The number of hydrogen-bond acceptors (Lipinski definition) is 2. The average molecular weight is 358 g/mol. The molecule has 1 aromatic rings. The van der Waals surface area contributed by atoms with E-state index < -0.39 is 0 Å². The highest BCUT2D eigenvalue weighted by molar-refractivity contribution is 9.10. The van der Waals surface area contributed by atoms with Crippen molar-refractivity contribution in [1.29, 1.82) is 0 Å². The van der Waals surface area contributed by atoms with Crippen LogP contribution in [0.5, 0.6) is 0 Å². The Labute approximate surface area is 135 Å². The monoisotopic (exact) mass is 356 g/mol. The summed E-state index contributed by atoms with van der Waals surface area (Å²) in [6.45, 7) is 4.57. The van der Waals surface area contributed by atoms with E-state index in [2.05, 4.69) is 38.3 Å². The second-order valence-corrected chi connectivity index (χ2v) is 7.46. The van der Waals surface area contributed by atoms with Gasteiger partial charge in [0.15, 0.2) is 0 Å². The Morgan fingerprint density at radius 2 is 2.10 bits per heavy atom. The van der Waals surface area contributed by atoms with Gasteiger partial charge in [-0.3, -0.25) is 4.90 Å². The second kappa shape index (κ2) is 6.78. The van der Waals surface area contributed by atoms with E-state index in [1.165, 1.54) is 48.8 Å². The number of hydrogen-bond donors (Lipinski definition) is 1. The van der Waals surface area contributed by atoms with E-state index in [9.17, 15) is 0 Å². The van der Waals surface area contributed by atoms with E-state index in [1.54, 1.807) is 0 Å². The van der Waals surface area contributed by atoms with Crippen molar-refractivity contribution in [3.8, 4) is 0 Å². The zero-order valence-corrected chi connectivity index (χ0v) is 14.1. The van der Waals surface area contributed by atoms with Gasteiger partial charge in [0, 0.05) is 35.2 Å². The lowest BCUT2D eigenvalue weighted by atomic mass is 10.1. The Morgan fingerprint density at radius 1 is 1.25 bits per heavy atom. The van der Waals surface area contributed by atoms with Gasteiger partial charge in [0.05, 0.1) is 0 Å². The smallest absolute Gasteiger partial charge is 0.0410 e. The molecule has 1 aromatic carbocycles. The Morgan fingerprint density at radius 3 is 2.80 bits per heavy atom. The first kappa shape index (κ1) is 14.8. The highest BCUT2D eigenvalue weighted by Gasteiger charge is 2.26. The van der Waals surface area contributed by atoms with Crippen molar-refractivity contribution in [2.75, 3.05) is 19.6 Å². The molecule has 1 aliphatic carbocycles. The summed E-state index contributed by atoms with van der Waals surface area (Å²) in [5.41, 5.74) is 1.30. The summed E-state index contributed by atoms with van der Waals surface area (Å²) in [5.74, 6) is 0.925. The van der Waals surface area contributed by atoms with Crippen LogP contribution in [0, 0.1) is 5.92 Å². The van der Waals surface area contributed by atoms with Crippen molar-refractivity contribution in [1.82, 2.24) is 10.2 Å². The van der Waals surface area contributed by atoms with Crippen LogP contribution in [0.15, 0.2) is 22.7 Å². The lowest BCUT2D eigenvalue weighted by Crippen LogP contribution is -2.38. The van der Waals surface area contributed by atoms with Gasteiger partial charge in [-0.1, -0.05) is 27.5 Å². The SMILES string of the molecule is Clc1ccc(Br)c(CN(CC2CC2)CC2CCCN2)c1. The van der Waals surface area contributed by atoms with Gasteiger partial charge < -0.3 is 5.32 Å². The molecule has 0 radical (unpaired) electrons. The average Bonchev–Trinajstić information content (AvgIpc) is 3.08. The quantitative estimate of drug-likeness (QED) is 0.825. The molecule has 0 aromatic heterocycles. The van der Waals surface area contributed by atoms with E-state index >= 15 is 0 Å². The molecule has 4 heteroatoms. The number of benzene rings is 1. The van der Waals surface area contributed by atoms with Gasteiger partial charge in [0.2, 0.25) is 0 Å². The minimum absolute atomic E-state index is 0.673. The van der Waals surface area contributed by atoms with E-state index in [4.69, 9.17) is 11.6 Å². The van der Waals surface area contributed by atoms with Crippen molar-refractivity contribution < 1.29 is 0 Å². The van der Waals surface area contributed by atoms with Gasteiger partial charge in [-0.15, -0.1) is 0 Å². The van der Waals surface area contributed by atoms with Crippen LogP contribution in [-0.4, -0.2) is 30.6 Å². The van der Waals surface area contributed by atoms with Gasteiger partial charge in [-0.2, -0.15) is 0 Å². The Hall–Kier alpha value is -0.0900. The molecule has 1 atom stereocenters. The molecule has 1 saturated carbocycles. The minimum atomic E-state index is 0.673. The molecule has 2 aliphatic rings. The zero-order valence-electron chi connectivity index (χ0n) is 11.7. The summed E-state index contributed by atoms with van der Waals surface area (Å²) in [6.07, 6.45) is 5.46. The fraction of sp³-hybridized carbons (Fsp3) is 0.625. The topological polar surface area (TPSA) is 15.3 Å². The second-order valence-electron chi connectivity index (χ2n) is 6.17. The molecule has 110 valence electrons. The largest absolute Gasteiger partial charge is 0.313 e. The molecule has 1 unspecified atom stereocenters. The molecule has 20 heavy (non-hydrogen) atoms. The Balaban J connectivity index is 1.65. The predicted molar refractivity (Wildman–Crippen MR) is 88.2 cm³/mol. The van der Waals surface area contributed by atoms with Crippen LogP contribution in [0.1, 0.15) is 31.2 Å². The first-order valence-electron chi connectivity index (χ1n) is 7.60. The van der Waals surface area contributed by atoms with E-state index in [0.717, 1.165) is 24.0 Å². The van der Waals surface area contributed by atoms with Gasteiger partial charge >= 0.3 is 0 Å². The molecule has 3 rings (SSSR count). The first-order chi connectivity index (χ1) is 9.70. The molecule has 0 spiro atoms. The standard InChI is InChI=1S/C16H22BrClN2/c17-16-6-5-14(18)8-13(16)10-20(9-12-3-4-12)11-15-2-1-7-19-15/h5-6,8,12,15,19H,1-4,7,9-11H2. The van der Waals surface area contributed by atoms with Crippen molar-refractivity contribution in [2.24, 2.45) is 5.92 Å². The molecule has 2 fully saturated rings. The maximum atomic E-state index is 6.14. The Bertz CT molecular complexity index is 456. The summed E-state index contributed by atoms with van der Waals surface area (Å²) in [4.78, 5) is 2.61. The van der Waals surface area contributed by atoms with Crippen LogP contribution in [0.2, 0.25) is 5.02 Å². The molecular formula is C16H22BrClN2. The van der Waals surface area contributed by atoms with Crippen LogP contribution < -0.4 is 5.32 Å². The summed E-state index contributed by atoms with van der Waals surface area (Å²) < 4.78 is 1.17. The fourth-order valence-electron chi connectivity index (χ4n) is 3.00. The third kappa shape index (κ3) is 4.20. The number of halogens is 2. The van der Waals surface area contributed by atoms with Crippen molar-refractivity contribution in [2.45, 2.75) is 38.3 Å². The van der Waals surface area contributed by atoms with Crippen molar-refractivity contribution in [3.63, 3.8) is 0 Å². The summed E-state index contributed by atoms with van der Waals surface area (Å²) >= 11 is 9.79. The third-order valence-corrected chi connectivity index (χ3v) is 5.26. The van der Waals surface area contributed by atoms with Crippen molar-refractivity contribution >= 4 is 27.5 Å². The van der Waals surface area contributed by atoms with Crippen LogP contribution >= 0.6 is 27.5 Å². The van der Waals surface area contributed by atoms with Crippen LogP contribution in [-0.2, 0) is 6.54 Å². The van der Waals surface area contributed by atoms with Crippen LogP contribution in [0.3, 0.4) is 0 Å². The molecular weight excluding hydrogens is 336 g/mol. The van der Waals surface area contributed by atoms with Gasteiger partial charge in [0.25, 0.3) is 0 Å². The molecule has 1 N–H and O–H groups in total. The van der Waals surface area contributed by atoms with E-state index in [0.29, 0.717) is 6.04 Å². The maximum absolute atomic E-state index is 6.14. The van der Waals surface area contributed by atoms with Crippen LogP contribution in [0.4, 0.5) is 0 Å². The first-order valence-corrected chi connectivity index (χ1v) is 8.77. The van der Waals surface area contributed by atoms with Crippen molar-refractivity contribution in [3.05, 3.63) is 33.3 Å². The number of nitrogens with zero attached hydrogens (tertiary/aromatic N) is 1. The third-order valence-electron chi connectivity index (χ3n) is 4.26. The molecule has 0 amide bonds. The van der Waals surface area contributed by atoms with Crippen LogP contribution in [0.25, 0.3) is 0 Å². The molecule has 1 aliphatic heterocycles. The molecule has 1 heterocycles. The molecule has 2 nitrogen and oxygen atoms in total. The maximum Gasteiger partial charge on any atom is 0.0410 e. The predicted octanol–water partition coefficient (Wildman–Crippen LogP) is 4.07. The minimum Gasteiger partial charge on any atom is -0.313 e. The molecule has 0 bridgehead atoms. The summed E-state index contributed by atoms with van der Waals surface area (Å²) in [6, 6.07) is 6.76. The highest BCUT2D eigenvalue weighted by atomic mass is 79.9. The number of nitrogens with one attached hydrogen (secondary N) is 1. The molecule has 1 saturated heterocycles. The summed E-state index contributed by atoms with van der Waals surface area (Å²) in [7, 11) is 0. The summed E-state index contributed by atoms with van der Waals surface area (Å²) in [5, 5.41) is 4.44. The zero-order chi connectivity index (χ0) is 13.9. The van der Waals surface area contributed by atoms with Gasteiger partial charge in [-0.05, 0) is 61.9 Å². The number of rotatable bonds is 6. The van der Waals surface area contributed by atoms with Gasteiger partial charge in [-0.25, -0.2) is 0 Å². The Kier molecular flexibility index (Phi) is 5.03. The highest BCUT2D eigenvalue weighted by Crippen LogP contribution is 2.31. The normalized spacial score (nSPS) is 22.6. The lowest BCUT2D eigenvalue weighted by Gasteiger charge is -2.26. The van der Waals surface area contributed by atoms with Gasteiger partial charge in [0.1, 0.15) is 0 Å². The lowest BCUT2D eigenvalue weighted by molar-refractivity contribution is 0.231. The van der Waals surface area contributed by atoms with E-state index in [-0.39, 0.29) is 0 Å². The fourth-order valence-corrected chi connectivity index (χ4v) is 3.57.